The molecular weight excluding hydrogens is 260 g/mol. The van der Waals surface area contributed by atoms with Gasteiger partial charge in [-0.15, -0.1) is 21.5 Å². The van der Waals surface area contributed by atoms with Gasteiger partial charge in [-0.1, -0.05) is 17.8 Å². The van der Waals surface area contributed by atoms with Crippen molar-refractivity contribution in [2.45, 2.75) is 16.9 Å². The number of aromatic nitrogens is 2. The molecule has 0 spiro atoms. The van der Waals surface area contributed by atoms with Gasteiger partial charge in [0.05, 0.1) is 16.5 Å². The van der Waals surface area contributed by atoms with Crippen molar-refractivity contribution in [3.05, 3.63) is 17.5 Å². The molecule has 0 bridgehead atoms. The fourth-order valence-corrected chi connectivity index (χ4v) is 2.96. The van der Waals surface area contributed by atoms with E-state index in [9.17, 15) is 4.79 Å². The van der Waals surface area contributed by atoms with Crippen molar-refractivity contribution in [3.63, 3.8) is 0 Å². The maximum Gasteiger partial charge on any atom is 0.307 e. The summed E-state index contributed by atoms with van der Waals surface area (Å²) in [6, 6.07) is 3.86. The second-order valence-electron chi connectivity index (χ2n) is 3.48. The maximum atomic E-state index is 10.9. The zero-order chi connectivity index (χ0) is 11.7. The zero-order valence-electron chi connectivity index (χ0n) is 8.66. The number of cyclic esters (lactones) is 1. The van der Waals surface area contributed by atoms with Crippen molar-refractivity contribution in [2.24, 2.45) is 0 Å². The Labute approximate surface area is 105 Å². The molecular formula is C10H8N2O3S2. The Morgan fingerprint density at radius 1 is 1.47 bits per heavy atom. The SMILES string of the molecule is O=C1C[C@@H](Sc2nnc(-c3cccs3)o2)CO1. The number of carbonyl (C=O) groups excluding carboxylic acids is 1. The third kappa shape index (κ3) is 2.34. The van der Waals surface area contributed by atoms with E-state index >= 15 is 0 Å². The number of esters is 1. The zero-order valence-corrected chi connectivity index (χ0v) is 10.3. The van der Waals surface area contributed by atoms with Crippen LogP contribution in [-0.2, 0) is 9.53 Å². The lowest BCUT2D eigenvalue weighted by atomic mass is 10.4. The van der Waals surface area contributed by atoms with Crippen LogP contribution in [0.1, 0.15) is 6.42 Å². The van der Waals surface area contributed by atoms with Gasteiger partial charge in [0, 0.05) is 0 Å². The van der Waals surface area contributed by atoms with Crippen molar-refractivity contribution in [2.75, 3.05) is 6.61 Å². The van der Waals surface area contributed by atoms with Crippen molar-refractivity contribution in [1.29, 1.82) is 0 Å². The highest BCUT2D eigenvalue weighted by Gasteiger charge is 2.26. The average molecular weight is 268 g/mol. The molecule has 88 valence electrons. The van der Waals surface area contributed by atoms with Gasteiger partial charge in [-0.25, -0.2) is 0 Å². The van der Waals surface area contributed by atoms with Crippen LogP contribution in [0.4, 0.5) is 0 Å². The van der Waals surface area contributed by atoms with E-state index in [4.69, 9.17) is 9.15 Å². The lowest BCUT2D eigenvalue weighted by Crippen LogP contribution is -2.00. The molecule has 0 aliphatic carbocycles. The van der Waals surface area contributed by atoms with Gasteiger partial charge in [0.2, 0.25) is 0 Å². The molecule has 3 rings (SSSR count). The summed E-state index contributed by atoms with van der Waals surface area (Å²) < 4.78 is 10.4. The molecule has 2 aromatic rings. The molecule has 0 saturated carbocycles. The van der Waals surface area contributed by atoms with Gasteiger partial charge >= 0.3 is 5.97 Å². The normalized spacial score (nSPS) is 19.5. The maximum absolute atomic E-state index is 10.9. The molecule has 0 unspecified atom stereocenters. The third-order valence-corrected chi connectivity index (χ3v) is 4.09. The quantitative estimate of drug-likeness (QED) is 0.795. The number of hydrogen-bond acceptors (Lipinski definition) is 7. The summed E-state index contributed by atoms with van der Waals surface area (Å²) in [5.41, 5.74) is 0. The van der Waals surface area contributed by atoms with E-state index in [1.54, 1.807) is 11.3 Å². The predicted molar refractivity (Wildman–Crippen MR) is 62.8 cm³/mol. The molecule has 1 aliphatic heterocycles. The van der Waals surface area contributed by atoms with Crippen LogP contribution < -0.4 is 0 Å². The lowest BCUT2D eigenvalue weighted by Gasteiger charge is -1.98. The summed E-state index contributed by atoms with van der Waals surface area (Å²) in [4.78, 5) is 11.9. The minimum atomic E-state index is -0.166. The lowest BCUT2D eigenvalue weighted by molar-refractivity contribution is -0.137. The molecule has 5 nitrogen and oxygen atoms in total. The molecule has 17 heavy (non-hydrogen) atoms. The standard InChI is InChI=1S/C10H8N2O3S2/c13-8-4-6(5-14-8)17-10-12-11-9(15-10)7-2-1-3-16-7/h1-3,6H,4-5H2/t6-/m1/s1. The van der Waals surface area contributed by atoms with E-state index in [2.05, 4.69) is 10.2 Å². The van der Waals surface area contributed by atoms with Gasteiger partial charge in [-0.2, -0.15) is 0 Å². The number of nitrogens with zero attached hydrogens (tertiary/aromatic N) is 2. The molecule has 3 heterocycles. The fourth-order valence-electron chi connectivity index (χ4n) is 1.47. The summed E-state index contributed by atoms with van der Waals surface area (Å²) in [7, 11) is 0. The Balaban J connectivity index is 1.71. The molecule has 1 aliphatic rings. The molecule has 0 radical (unpaired) electrons. The van der Waals surface area contributed by atoms with Crippen molar-refractivity contribution >= 4 is 29.1 Å². The highest BCUT2D eigenvalue weighted by molar-refractivity contribution is 7.99. The molecule has 7 heteroatoms. The first kappa shape index (κ1) is 10.8. The third-order valence-electron chi connectivity index (χ3n) is 2.23. The molecule has 2 aromatic heterocycles. The molecule has 0 amide bonds. The van der Waals surface area contributed by atoms with E-state index in [1.807, 2.05) is 17.5 Å². The number of thiophene rings is 1. The molecule has 0 aromatic carbocycles. The summed E-state index contributed by atoms with van der Waals surface area (Å²) in [5.74, 6) is 0.355. The van der Waals surface area contributed by atoms with Crippen LogP contribution in [0.25, 0.3) is 10.8 Å². The van der Waals surface area contributed by atoms with Crippen LogP contribution in [0.2, 0.25) is 0 Å². The second-order valence-corrected chi connectivity index (χ2v) is 5.68. The van der Waals surface area contributed by atoms with E-state index in [0.717, 1.165) is 4.88 Å². The molecule has 1 atom stereocenters. The molecule has 1 fully saturated rings. The monoisotopic (exact) mass is 268 g/mol. The van der Waals surface area contributed by atoms with Crippen molar-refractivity contribution in [1.82, 2.24) is 10.2 Å². The van der Waals surface area contributed by atoms with Gasteiger partial charge < -0.3 is 9.15 Å². The van der Waals surface area contributed by atoms with Gasteiger partial charge in [0.15, 0.2) is 0 Å². The smallest absolute Gasteiger partial charge is 0.307 e. The van der Waals surface area contributed by atoms with Gasteiger partial charge in [0.1, 0.15) is 6.61 Å². The van der Waals surface area contributed by atoms with Crippen LogP contribution in [0.15, 0.2) is 27.2 Å². The highest BCUT2D eigenvalue weighted by atomic mass is 32.2. The first-order valence-corrected chi connectivity index (χ1v) is 6.77. The second kappa shape index (κ2) is 4.50. The van der Waals surface area contributed by atoms with Crippen LogP contribution in [-0.4, -0.2) is 28.0 Å². The highest BCUT2D eigenvalue weighted by Crippen LogP contribution is 2.31. The summed E-state index contributed by atoms with van der Waals surface area (Å²) >= 11 is 2.94. The fraction of sp³-hybridized carbons (Fsp3) is 0.300. The van der Waals surface area contributed by atoms with Crippen LogP contribution in [0.3, 0.4) is 0 Å². The first-order chi connectivity index (χ1) is 8.31. The van der Waals surface area contributed by atoms with Crippen LogP contribution in [0.5, 0.6) is 0 Å². The number of rotatable bonds is 3. The van der Waals surface area contributed by atoms with Crippen LogP contribution >= 0.6 is 23.1 Å². The number of hydrogen-bond donors (Lipinski definition) is 0. The summed E-state index contributed by atoms with van der Waals surface area (Å²) in [5, 5.41) is 10.4. The Morgan fingerprint density at radius 2 is 2.41 bits per heavy atom. The van der Waals surface area contributed by atoms with E-state index in [0.29, 0.717) is 24.1 Å². The van der Waals surface area contributed by atoms with Gasteiger partial charge in [-0.05, 0) is 11.4 Å². The van der Waals surface area contributed by atoms with Gasteiger partial charge in [0.25, 0.3) is 11.1 Å². The van der Waals surface area contributed by atoms with Crippen molar-refractivity contribution < 1.29 is 13.9 Å². The average Bonchev–Trinajstić information content (AvgIpc) is 3.00. The molecule has 1 saturated heterocycles. The Morgan fingerprint density at radius 3 is 3.12 bits per heavy atom. The summed E-state index contributed by atoms with van der Waals surface area (Å²) in [6.07, 6.45) is 0.404. The van der Waals surface area contributed by atoms with E-state index < -0.39 is 0 Å². The summed E-state index contributed by atoms with van der Waals surface area (Å²) in [6.45, 7) is 0.417. The van der Waals surface area contributed by atoms with E-state index in [-0.39, 0.29) is 11.2 Å². The van der Waals surface area contributed by atoms with Crippen molar-refractivity contribution in [3.8, 4) is 10.8 Å². The minimum absolute atomic E-state index is 0.0825. The van der Waals surface area contributed by atoms with E-state index in [1.165, 1.54) is 11.8 Å². The number of ether oxygens (including phenoxy) is 1. The number of carbonyl (C=O) groups is 1. The topological polar surface area (TPSA) is 65.2 Å². The minimum Gasteiger partial charge on any atom is -0.464 e. The first-order valence-electron chi connectivity index (χ1n) is 5.01. The van der Waals surface area contributed by atoms with Gasteiger partial charge in [-0.3, -0.25) is 4.79 Å². The Bertz CT molecular complexity index is 523. The molecule has 0 N–H and O–H groups in total. The Kier molecular flexibility index (Phi) is 2.86. The number of thioether (sulfide) groups is 1. The Hall–Kier alpha value is -1.34. The van der Waals surface area contributed by atoms with Crippen LogP contribution in [0, 0.1) is 0 Å². The predicted octanol–water partition coefficient (Wildman–Crippen LogP) is 2.21. The largest absolute Gasteiger partial charge is 0.464 e.